The Morgan fingerprint density at radius 2 is 1.75 bits per heavy atom. The molecule has 0 aliphatic rings. The highest BCUT2D eigenvalue weighted by atomic mass is 16.5. The Balaban J connectivity index is 1.84. The summed E-state index contributed by atoms with van der Waals surface area (Å²) in [6.45, 7) is 2.08. The number of pyridine rings is 1. The molecule has 0 amide bonds. The number of benzene rings is 2. The van der Waals surface area contributed by atoms with Gasteiger partial charge in [0.1, 0.15) is 12.6 Å². The first-order valence-corrected chi connectivity index (χ1v) is 8.01. The minimum absolute atomic E-state index is 0.170. The predicted molar refractivity (Wildman–Crippen MR) is 93.8 cm³/mol. The first-order chi connectivity index (χ1) is 11.7. The van der Waals surface area contributed by atoms with E-state index in [9.17, 15) is 9.59 Å². The molecule has 1 unspecified atom stereocenters. The number of hydrogen-bond acceptors (Lipinski definition) is 3. The number of hydrogen-bond donors (Lipinski definition) is 0. The third-order valence-corrected chi connectivity index (χ3v) is 4.06. The Labute approximate surface area is 140 Å². The van der Waals surface area contributed by atoms with Crippen LogP contribution >= 0.6 is 0 Å². The lowest BCUT2D eigenvalue weighted by molar-refractivity contribution is -0.149. The van der Waals surface area contributed by atoms with Crippen molar-refractivity contribution >= 4 is 16.7 Å². The fourth-order valence-corrected chi connectivity index (χ4v) is 2.75. The van der Waals surface area contributed by atoms with Crippen LogP contribution < -0.4 is 5.56 Å². The highest BCUT2D eigenvalue weighted by molar-refractivity contribution is 5.82. The second-order valence-corrected chi connectivity index (χ2v) is 5.63. The van der Waals surface area contributed by atoms with E-state index in [1.54, 1.807) is 12.3 Å². The number of rotatable bonds is 5. The molecule has 1 heterocycles. The van der Waals surface area contributed by atoms with Crippen LogP contribution in [0.2, 0.25) is 0 Å². The van der Waals surface area contributed by atoms with Crippen LogP contribution in [0.25, 0.3) is 10.8 Å². The summed E-state index contributed by atoms with van der Waals surface area (Å²) in [4.78, 5) is 25.1. The van der Waals surface area contributed by atoms with E-state index in [0.717, 1.165) is 10.9 Å². The maximum Gasteiger partial charge on any atom is 0.329 e. The molecular formula is C20H19NO3. The summed E-state index contributed by atoms with van der Waals surface area (Å²) in [5, 5.41) is 1.47. The van der Waals surface area contributed by atoms with Crippen LogP contribution in [0.1, 0.15) is 24.9 Å². The quantitative estimate of drug-likeness (QED) is 0.673. The SMILES string of the molecule is CCC(C(=O)OCc1ccccc1)n1ccc2ccccc2c1=O. The molecule has 0 fully saturated rings. The highest BCUT2D eigenvalue weighted by Gasteiger charge is 2.21. The van der Waals surface area contributed by atoms with Crippen LogP contribution in [-0.2, 0) is 16.1 Å². The van der Waals surface area contributed by atoms with E-state index in [-0.39, 0.29) is 12.2 Å². The van der Waals surface area contributed by atoms with Crippen molar-refractivity contribution in [2.45, 2.75) is 26.0 Å². The van der Waals surface area contributed by atoms with Crippen LogP contribution in [0.15, 0.2) is 71.7 Å². The molecule has 0 saturated heterocycles. The fraction of sp³-hybridized carbons (Fsp3) is 0.200. The summed E-state index contributed by atoms with van der Waals surface area (Å²) >= 11 is 0. The van der Waals surface area contributed by atoms with Gasteiger partial charge in [-0.1, -0.05) is 55.5 Å². The molecule has 3 aromatic rings. The van der Waals surface area contributed by atoms with Gasteiger partial charge in [-0.05, 0) is 29.5 Å². The average Bonchev–Trinajstić information content (AvgIpc) is 2.63. The summed E-state index contributed by atoms with van der Waals surface area (Å²) in [5.41, 5.74) is 0.753. The molecule has 122 valence electrons. The van der Waals surface area contributed by atoms with Crippen LogP contribution in [0, 0.1) is 0 Å². The number of ether oxygens (including phenoxy) is 1. The monoisotopic (exact) mass is 321 g/mol. The molecule has 2 aromatic carbocycles. The summed E-state index contributed by atoms with van der Waals surface area (Å²) in [5.74, 6) is -0.390. The van der Waals surface area contributed by atoms with Gasteiger partial charge in [-0.2, -0.15) is 0 Å². The van der Waals surface area contributed by atoms with E-state index in [2.05, 4.69) is 0 Å². The van der Waals surface area contributed by atoms with Crippen molar-refractivity contribution in [2.24, 2.45) is 0 Å². The molecule has 4 nitrogen and oxygen atoms in total. The zero-order chi connectivity index (χ0) is 16.9. The lowest BCUT2D eigenvalue weighted by atomic mass is 10.1. The van der Waals surface area contributed by atoms with Gasteiger partial charge in [-0.15, -0.1) is 0 Å². The Hall–Kier alpha value is -2.88. The average molecular weight is 321 g/mol. The standard InChI is InChI=1S/C20H19NO3/c1-2-18(20(23)24-14-15-8-4-3-5-9-15)21-13-12-16-10-6-7-11-17(16)19(21)22/h3-13,18H,2,14H2,1H3. The van der Waals surface area contributed by atoms with Crippen LogP contribution in [0.4, 0.5) is 0 Å². The van der Waals surface area contributed by atoms with Gasteiger partial charge in [0.05, 0.1) is 0 Å². The highest BCUT2D eigenvalue weighted by Crippen LogP contribution is 2.16. The van der Waals surface area contributed by atoms with Gasteiger partial charge in [0.2, 0.25) is 0 Å². The largest absolute Gasteiger partial charge is 0.459 e. The van der Waals surface area contributed by atoms with Crippen molar-refractivity contribution in [3.63, 3.8) is 0 Å². The molecule has 0 radical (unpaired) electrons. The Morgan fingerprint density at radius 3 is 2.50 bits per heavy atom. The third-order valence-electron chi connectivity index (χ3n) is 4.06. The lowest BCUT2D eigenvalue weighted by Crippen LogP contribution is -2.30. The van der Waals surface area contributed by atoms with Crippen molar-refractivity contribution in [1.82, 2.24) is 4.57 Å². The smallest absolute Gasteiger partial charge is 0.329 e. The first-order valence-electron chi connectivity index (χ1n) is 8.01. The van der Waals surface area contributed by atoms with E-state index in [0.29, 0.717) is 11.8 Å². The summed E-state index contributed by atoms with van der Waals surface area (Å²) in [6, 6.07) is 18.1. The lowest BCUT2D eigenvalue weighted by Gasteiger charge is -2.17. The summed E-state index contributed by atoms with van der Waals surface area (Å²) in [6.07, 6.45) is 2.16. The minimum atomic E-state index is -0.620. The normalized spacial score (nSPS) is 12.0. The number of carbonyl (C=O) groups is 1. The van der Waals surface area contributed by atoms with Crippen molar-refractivity contribution in [2.75, 3.05) is 0 Å². The van der Waals surface area contributed by atoms with Gasteiger partial charge in [-0.25, -0.2) is 4.79 Å². The molecule has 0 aliphatic heterocycles. The van der Waals surface area contributed by atoms with Gasteiger partial charge in [0.15, 0.2) is 0 Å². The number of esters is 1. The molecule has 1 aromatic heterocycles. The van der Waals surface area contributed by atoms with Gasteiger partial charge in [0, 0.05) is 11.6 Å². The number of carbonyl (C=O) groups excluding carboxylic acids is 1. The van der Waals surface area contributed by atoms with Crippen LogP contribution in [0.5, 0.6) is 0 Å². The predicted octanol–water partition coefficient (Wildman–Crippen LogP) is 3.70. The Kier molecular flexibility index (Phi) is 4.75. The number of fused-ring (bicyclic) bond motifs is 1. The van der Waals surface area contributed by atoms with E-state index < -0.39 is 12.0 Å². The van der Waals surface area contributed by atoms with E-state index in [4.69, 9.17) is 4.74 Å². The van der Waals surface area contributed by atoms with Gasteiger partial charge in [-0.3, -0.25) is 4.79 Å². The van der Waals surface area contributed by atoms with Gasteiger partial charge >= 0.3 is 5.97 Å². The van der Waals surface area contributed by atoms with Crippen molar-refractivity contribution in [3.05, 3.63) is 82.8 Å². The summed E-state index contributed by atoms with van der Waals surface area (Å²) in [7, 11) is 0. The molecule has 0 aliphatic carbocycles. The molecule has 0 saturated carbocycles. The van der Waals surface area contributed by atoms with E-state index >= 15 is 0 Å². The van der Waals surface area contributed by atoms with E-state index in [1.165, 1.54) is 4.57 Å². The molecule has 4 heteroatoms. The van der Waals surface area contributed by atoms with Gasteiger partial charge < -0.3 is 9.30 Å². The summed E-state index contributed by atoms with van der Waals surface area (Å²) < 4.78 is 6.87. The molecule has 0 bridgehead atoms. The Morgan fingerprint density at radius 1 is 1.04 bits per heavy atom. The molecule has 3 rings (SSSR count). The van der Waals surface area contributed by atoms with Crippen molar-refractivity contribution < 1.29 is 9.53 Å². The molecule has 0 N–H and O–H groups in total. The fourth-order valence-electron chi connectivity index (χ4n) is 2.75. The first kappa shape index (κ1) is 16.0. The second kappa shape index (κ2) is 7.13. The van der Waals surface area contributed by atoms with E-state index in [1.807, 2.05) is 61.5 Å². The molecule has 24 heavy (non-hydrogen) atoms. The zero-order valence-corrected chi connectivity index (χ0v) is 13.5. The topological polar surface area (TPSA) is 48.3 Å². The number of aromatic nitrogens is 1. The Bertz CT molecular complexity index is 899. The van der Waals surface area contributed by atoms with Crippen LogP contribution in [0.3, 0.4) is 0 Å². The maximum absolute atomic E-state index is 12.7. The zero-order valence-electron chi connectivity index (χ0n) is 13.5. The third kappa shape index (κ3) is 3.23. The second-order valence-electron chi connectivity index (χ2n) is 5.63. The van der Waals surface area contributed by atoms with Gasteiger partial charge in [0.25, 0.3) is 5.56 Å². The molecule has 0 spiro atoms. The van der Waals surface area contributed by atoms with Crippen LogP contribution in [-0.4, -0.2) is 10.5 Å². The van der Waals surface area contributed by atoms with Crippen molar-refractivity contribution in [1.29, 1.82) is 0 Å². The maximum atomic E-state index is 12.7. The minimum Gasteiger partial charge on any atom is -0.459 e. The van der Waals surface area contributed by atoms with Crippen molar-refractivity contribution in [3.8, 4) is 0 Å². The number of nitrogens with zero attached hydrogens (tertiary/aromatic N) is 1. The molecule has 1 atom stereocenters. The molecular weight excluding hydrogens is 302 g/mol.